The van der Waals surface area contributed by atoms with Crippen molar-refractivity contribution in [1.29, 1.82) is 0 Å². The van der Waals surface area contributed by atoms with E-state index in [-0.39, 0.29) is 27.3 Å². The molecule has 3 aromatic carbocycles. The summed E-state index contributed by atoms with van der Waals surface area (Å²) < 4.78 is 31.7. The molecule has 180 valence electrons. The van der Waals surface area contributed by atoms with Crippen molar-refractivity contribution in [2.45, 2.75) is 24.8 Å². The van der Waals surface area contributed by atoms with Gasteiger partial charge in [-0.25, -0.2) is 12.7 Å². The van der Waals surface area contributed by atoms with Gasteiger partial charge in [0, 0.05) is 23.4 Å². The summed E-state index contributed by atoms with van der Waals surface area (Å²) in [7, 11) is -2.54. The first-order valence-electron chi connectivity index (χ1n) is 10.7. The molecule has 0 aliphatic carbocycles. The predicted octanol–water partition coefficient (Wildman–Crippen LogP) is 3.75. The molecule has 0 spiro atoms. The number of nitrogens with zero attached hydrogens (tertiary/aromatic N) is 1. The van der Waals surface area contributed by atoms with E-state index in [0.29, 0.717) is 11.4 Å². The van der Waals surface area contributed by atoms with Crippen LogP contribution in [0.1, 0.15) is 44.9 Å². The van der Waals surface area contributed by atoms with Gasteiger partial charge in [-0.2, -0.15) is 0 Å². The average Bonchev–Trinajstić information content (AvgIpc) is 3.04. The van der Waals surface area contributed by atoms with Crippen LogP contribution in [0.2, 0.25) is 0 Å². The number of para-hydroxylation sites is 1. The van der Waals surface area contributed by atoms with Gasteiger partial charge in [-0.05, 0) is 56.3 Å². The van der Waals surface area contributed by atoms with Crippen LogP contribution in [-0.2, 0) is 10.0 Å². The number of sulfonamides is 1. The predicted molar refractivity (Wildman–Crippen MR) is 130 cm³/mol. The number of rotatable bonds is 6. The topological polar surface area (TPSA) is 122 Å². The molecule has 3 amide bonds. The summed E-state index contributed by atoms with van der Waals surface area (Å²) >= 11 is 0. The van der Waals surface area contributed by atoms with Crippen LogP contribution >= 0.6 is 0 Å². The third-order valence-corrected chi connectivity index (χ3v) is 7.43. The standard InChI is InChI=1S/C25H23N3O6S/c1-15(2)28-25(31)20-12-11-16(13-22(20)35(28,32)33)23(29)27-21-10-5-4-9-19(21)24(30)26-17-7-6-8-18(14-17)34-3/h4-15H,1-3H3,(H,26,30)(H,27,29). The molecule has 0 fully saturated rings. The second-order valence-corrected chi connectivity index (χ2v) is 9.88. The molecule has 10 heteroatoms. The Morgan fingerprint density at radius 1 is 0.914 bits per heavy atom. The fraction of sp³-hybridized carbons (Fsp3) is 0.160. The summed E-state index contributed by atoms with van der Waals surface area (Å²) in [5, 5.41) is 5.42. The number of amides is 3. The van der Waals surface area contributed by atoms with Crippen molar-refractivity contribution in [1.82, 2.24) is 4.31 Å². The Labute approximate surface area is 202 Å². The zero-order valence-electron chi connectivity index (χ0n) is 19.2. The van der Waals surface area contributed by atoms with Crippen molar-refractivity contribution in [3.05, 3.63) is 83.4 Å². The zero-order valence-corrected chi connectivity index (χ0v) is 20.0. The van der Waals surface area contributed by atoms with Gasteiger partial charge in [-0.1, -0.05) is 18.2 Å². The molecule has 3 aromatic rings. The lowest BCUT2D eigenvalue weighted by Gasteiger charge is -2.18. The molecule has 2 N–H and O–H groups in total. The van der Waals surface area contributed by atoms with E-state index in [1.54, 1.807) is 62.4 Å². The lowest BCUT2D eigenvalue weighted by Crippen LogP contribution is -2.36. The quantitative estimate of drug-likeness (QED) is 0.539. The first-order chi connectivity index (χ1) is 16.6. The molecule has 0 atom stereocenters. The third kappa shape index (κ3) is 4.47. The van der Waals surface area contributed by atoms with Crippen LogP contribution in [0, 0.1) is 0 Å². The van der Waals surface area contributed by atoms with Crippen molar-refractivity contribution in [3.63, 3.8) is 0 Å². The molecular weight excluding hydrogens is 470 g/mol. The summed E-state index contributed by atoms with van der Waals surface area (Å²) in [5.41, 5.74) is 1.01. The summed E-state index contributed by atoms with van der Waals surface area (Å²) in [4.78, 5) is 38.2. The molecule has 4 rings (SSSR count). The van der Waals surface area contributed by atoms with Gasteiger partial charge in [0.2, 0.25) is 0 Å². The third-order valence-electron chi connectivity index (χ3n) is 5.43. The molecule has 0 radical (unpaired) electrons. The van der Waals surface area contributed by atoms with Gasteiger partial charge in [0.1, 0.15) is 10.6 Å². The number of anilines is 2. The van der Waals surface area contributed by atoms with Crippen molar-refractivity contribution in [2.75, 3.05) is 17.7 Å². The summed E-state index contributed by atoms with van der Waals surface area (Å²) in [6.07, 6.45) is 0. The number of hydrogen-bond donors (Lipinski definition) is 2. The molecule has 0 unspecified atom stereocenters. The maximum absolute atomic E-state index is 13.0. The Bertz CT molecular complexity index is 1450. The van der Waals surface area contributed by atoms with Crippen LogP contribution < -0.4 is 15.4 Å². The number of fused-ring (bicyclic) bond motifs is 1. The zero-order chi connectivity index (χ0) is 25.3. The molecule has 9 nitrogen and oxygen atoms in total. The van der Waals surface area contributed by atoms with Crippen LogP contribution in [0.15, 0.2) is 71.6 Å². The number of benzene rings is 3. The van der Waals surface area contributed by atoms with E-state index < -0.39 is 33.8 Å². The Kier molecular flexibility index (Phi) is 6.31. The van der Waals surface area contributed by atoms with E-state index in [9.17, 15) is 22.8 Å². The summed E-state index contributed by atoms with van der Waals surface area (Å²) in [6.45, 7) is 3.20. The second-order valence-electron chi connectivity index (χ2n) is 8.10. The van der Waals surface area contributed by atoms with E-state index in [0.717, 1.165) is 4.31 Å². The molecule has 0 saturated heterocycles. The van der Waals surface area contributed by atoms with Gasteiger partial charge in [0.15, 0.2) is 0 Å². The van der Waals surface area contributed by atoms with E-state index >= 15 is 0 Å². The molecule has 1 heterocycles. The lowest BCUT2D eigenvalue weighted by atomic mass is 10.1. The maximum atomic E-state index is 13.0. The molecule has 0 bridgehead atoms. The molecular formula is C25H23N3O6S. The minimum absolute atomic E-state index is 0.0216. The maximum Gasteiger partial charge on any atom is 0.269 e. The molecule has 35 heavy (non-hydrogen) atoms. The summed E-state index contributed by atoms with van der Waals surface area (Å²) in [6, 6.07) is 16.6. The van der Waals surface area contributed by atoms with Crippen LogP contribution in [0.4, 0.5) is 11.4 Å². The average molecular weight is 494 g/mol. The summed E-state index contributed by atoms with van der Waals surface area (Å²) in [5.74, 6) is -1.13. The Balaban J connectivity index is 1.59. The van der Waals surface area contributed by atoms with Gasteiger partial charge >= 0.3 is 0 Å². The molecule has 0 saturated carbocycles. The van der Waals surface area contributed by atoms with E-state index in [4.69, 9.17) is 4.74 Å². The van der Waals surface area contributed by atoms with Gasteiger partial charge in [0.25, 0.3) is 27.7 Å². The van der Waals surface area contributed by atoms with E-state index in [2.05, 4.69) is 10.6 Å². The van der Waals surface area contributed by atoms with Gasteiger partial charge in [-0.15, -0.1) is 0 Å². The minimum atomic E-state index is -4.06. The Hall–Kier alpha value is -4.18. The van der Waals surface area contributed by atoms with Gasteiger partial charge in [0.05, 0.1) is 23.9 Å². The van der Waals surface area contributed by atoms with Gasteiger partial charge < -0.3 is 15.4 Å². The monoisotopic (exact) mass is 493 g/mol. The Morgan fingerprint density at radius 2 is 1.66 bits per heavy atom. The number of hydrogen-bond acceptors (Lipinski definition) is 6. The number of carbonyl (C=O) groups is 3. The smallest absolute Gasteiger partial charge is 0.269 e. The minimum Gasteiger partial charge on any atom is -0.497 e. The first kappa shape index (κ1) is 24.0. The normalized spacial score (nSPS) is 13.9. The lowest BCUT2D eigenvalue weighted by molar-refractivity contribution is 0.0845. The SMILES string of the molecule is COc1cccc(NC(=O)c2ccccc2NC(=O)c2ccc3c(c2)S(=O)(=O)N(C(C)C)C3=O)c1. The highest BCUT2D eigenvalue weighted by atomic mass is 32.2. The number of carbonyl (C=O) groups excluding carboxylic acids is 3. The van der Waals surface area contributed by atoms with Crippen LogP contribution in [0.5, 0.6) is 5.75 Å². The highest BCUT2D eigenvalue weighted by Gasteiger charge is 2.43. The molecule has 1 aliphatic heterocycles. The second kappa shape index (κ2) is 9.22. The first-order valence-corrected chi connectivity index (χ1v) is 12.2. The number of ether oxygens (including phenoxy) is 1. The highest BCUT2D eigenvalue weighted by molar-refractivity contribution is 7.90. The van der Waals surface area contributed by atoms with Crippen LogP contribution in [-0.4, -0.2) is 43.6 Å². The highest BCUT2D eigenvalue weighted by Crippen LogP contribution is 2.33. The van der Waals surface area contributed by atoms with Crippen LogP contribution in [0.25, 0.3) is 0 Å². The van der Waals surface area contributed by atoms with Crippen LogP contribution in [0.3, 0.4) is 0 Å². The van der Waals surface area contributed by atoms with Crippen molar-refractivity contribution in [2.24, 2.45) is 0 Å². The number of methoxy groups -OCH3 is 1. The fourth-order valence-corrected chi connectivity index (χ4v) is 5.58. The van der Waals surface area contributed by atoms with Crippen molar-refractivity contribution in [3.8, 4) is 5.75 Å². The van der Waals surface area contributed by atoms with E-state index in [1.165, 1.54) is 25.3 Å². The van der Waals surface area contributed by atoms with Gasteiger partial charge in [-0.3, -0.25) is 14.4 Å². The Morgan fingerprint density at radius 3 is 2.37 bits per heavy atom. The fourth-order valence-electron chi connectivity index (χ4n) is 3.78. The van der Waals surface area contributed by atoms with Crippen molar-refractivity contribution < 1.29 is 27.5 Å². The molecule has 0 aromatic heterocycles. The largest absolute Gasteiger partial charge is 0.497 e. The van der Waals surface area contributed by atoms with Crippen molar-refractivity contribution >= 4 is 39.1 Å². The number of nitrogens with one attached hydrogen (secondary N) is 2. The van der Waals surface area contributed by atoms with E-state index in [1.807, 2.05) is 0 Å². The molecule has 1 aliphatic rings.